The zero-order valence-electron chi connectivity index (χ0n) is 23.4. The minimum atomic E-state index is -0.724. The fraction of sp³-hybridized carbons (Fsp3) is 0.700. The summed E-state index contributed by atoms with van der Waals surface area (Å²) in [4.78, 5) is 46.8. The standard InChI is InChI=1S/C30H44N4O4/c1-5-13-32-14-16-33(17-15-32)22-11-9-21(10-12-22)28(36)31-27(30(3,4)6-2)29(37)34-18-23(20-7-8-20)26-25(34)24(35)19-38-26/h9-12,20,23,25-27H,5-8,13-19H2,1-4H3,(H,31,36)/t23-,25-,26-,27-/m1/s1. The molecule has 38 heavy (non-hydrogen) atoms. The molecule has 0 spiro atoms. The number of rotatable bonds is 9. The minimum absolute atomic E-state index is 0.0167. The molecule has 5 rings (SSSR count). The highest BCUT2D eigenvalue weighted by Crippen LogP contribution is 2.46. The third-order valence-corrected chi connectivity index (χ3v) is 9.36. The molecule has 4 atom stereocenters. The number of Topliss-reactive ketones (excluding diaryl/α,β-unsaturated/α-hetero) is 1. The van der Waals surface area contributed by atoms with E-state index >= 15 is 0 Å². The fourth-order valence-corrected chi connectivity index (χ4v) is 6.41. The van der Waals surface area contributed by atoms with Gasteiger partial charge in [-0.15, -0.1) is 0 Å². The van der Waals surface area contributed by atoms with Crippen molar-refractivity contribution in [1.82, 2.24) is 15.1 Å². The van der Waals surface area contributed by atoms with Crippen LogP contribution in [-0.4, -0.2) is 91.5 Å². The lowest BCUT2D eigenvalue weighted by molar-refractivity contribution is -0.140. The number of hydrogen-bond donors (Lipinski definition) is 1. The number of ketones is 1. The number of likely N-dealkylation sites (tertiary alicyclic amines) is 1. The predicted molar refractivity (Wildman–Crippen MR) is 147 cm³/mol. The summed E-state index contributed by atoms with van der Waals surface area (Å²) in [6.45, 7) is 14.1. The quantitative estimate of drug-likeness (QED) is 0.535. The summed E-state index contributed by atoms with van der Waals surface area (Å²) >= 11 is 0. The van der Waals surface area contributed by atoms with Gasteiger partial charge < -0.3 is 19.9 Å². The van der Waals surface area contributed by atoms with Crippen LogP contribution in [0, 0.1) is 17.3 Å². The summed E-state index contributed by atoms with van der Waals surface area (Å²) in [5.74, 6) is 0.313. The molecule has 0 unspecified atom stereocenters. The maximum absolute atomic E-state index is 14.0. The van der Waals surface area contributed by atoms with Crippen LogP contribution in [-0.2, 0) is 14.3 Å². The molecule has 8 nitrogen and oxygen atoms in total. The van der Waals surface area contributed by atoms with Gasteiger partial charge in [-0.3, -0.25) is 19.3 Å². The molecule has 0 bridgehead atoms. The molecule has 208 valence electrons. The van der Waals surface area contributed by atoms with Crippen molar-refractivity contribution < 1.29 is 19.1 Å². The summed E-state index contributed by atoms with van der Waals surface area (Å²) < 4.78 is 5.87. The Morgan fingerprint density at radius 2 is 1.76 bits per heavy atom. The van der Waals surface area contributed by atoms with Gasteiger partial charge in [0.25, 0.3) is 5.91 Å². The third kappa shape index (κ3) is 5.34. The molecule has 1 N–H and O–H groups in total. The second-order valence-electron chi connectivity index (χ2n) is 12.3. The molecule has 8 heteroatoms. The first kappa shape index (κ1) is 27.1. The maximum Gasteiger partial charge on any atom is 0.251 e. The largest absolute Gasteiger partial charge is 0.369 e. The number of hydrogen-bond acceptors (Lipinski definition) is 6. The Morgan fingerprint density at radius 3 is 2.37 bits per heavy atom. The first-order valence-electron chi connectivity index (χ1n) is 14.6. The number of ether oxygens (including phenoxy) is 1. The number of fused-ring (bicyclic) bond motifs is 1. The number of amides is 2. The molecule has 4 fully saturated rings. The molecular formula is C30H44N4O4. The molecule has 3 saturated heterocycles. The summed E-state index contributed by atoms with van der Waals surface area (Å²) in [6.07, 6.45) is 3.96. The Labute approximate surface area is 227 Å². The van der Waals surface area contributed by atoms with Crippen molar-refractivity contribution >= 4 is 23.3 Å². The summed E-state index contributed by atoms with van der Waals surface area (Å²) in [6, 6.07) is 6.48. The second kappa shape index (κ2) is 11.0. The van der Waals surface area contributed by atoms with Crippen LogP contribution in [0.2, 0.25) is 0 Å². The van der Waals surface area contributed by atoms with Gasteiger partial charge >= 0.3 is 0 Å². The molecule has 0 aromatic heterocycles. The third-order valence-electron chi connectivity index (χ3n) is 9.36. The van der Waals surface area contributed by atoms with Gasteiger partial charge in [-0.1, -0.05) is 27.7 Å². The van der Waals surface area contributed by atoms with Crippen LogP contribution >= 0.6 is 0 Å². The molecule has 2 amide bonds. The highest BCUT2D eigenvalue weighted by Gasteiger charge is 2.57. The van der Waals surface area contributed by atoms with E-state index in [0.717, 1.165) is 51.3 Å². The number of nitrogens with zero attached hydrogens (tertiary/aromatic N) is 3. The molecule has 0 radical (unpaired) electrons. The summed E-state index contributed by atoms with van der Waals surface area (Å²) in [7, 11) is 0. The van der Waals surface area contributed by atoms with Crippen molar-refractivity contribution in [3.63, 3.8) is 0 Å². The highest BCUT2D eigenvalue weighted by molar-refractivity contribution is 5.99. The van der Waals surface area contributed by atoms with E-state index in [0.29, 0.717) is 24.4 Å². The zero-order valence-corrected chi connectivity index (χ0v) is 23.4. The number of carbonyl (C=O) groups excluding carboxylic acids is 3. The minimum Gasteiger partial charge on any atom is -0.369 e. The lowest BCUT2D eigenvalue weighted by Gasteiger charge is -2.37. The summed E-state index contributed by atoms with van der Waals surface area (Å²) in [5, 5.41) is 3.07. The smallest absolute Gasteiger partial charge is 0.251 e. The molecule has 1 saturated carbocycles. The van der Waals surface area contributed by atoms with Gasteiger partial charge in [-0.05, 0) is 67.8 Å². The van der Waals surface area contributed by atoms with E-state index in [9.17, 15) is 14.4 Å². The van der Waals surface area contributed by atoms with Gasteiger partial charge in [0.05, 0.1) is 6.10 Å². The van der Waals surface area contributed by atoms with Crippen LogP contribution in [0.25, 0.3) is 0 Å². The van der Waals surface area contributed by atoms with E-state index in [1.54, 1.807) is 4.90 Å². The number of piperazine rings is 1. The molecular weight excluding hydrogens is 480 g/mol. The van der Waals surface area contributed by atoms with E-state index in [-0.39, 0.29) is 36.2 Å². The monoisotopic (exact) mass is 524 g/mol. The van der Waals surface area contributed by atoms with Crippen molar-refractivity contribution in [3.05, 3.63) is 29.8 Å². The Balaban J connectivity index is 1.28. The number of nitrogens with one attached hydrogen (secondary N) is 1. The van der Waals surface area contributed by atoms with E-state index < -0.39 is 17.5 Å². The van der Waals surface area contributed by atoms with E-state index in [4.69, 9.17) is 4.74 Å². The first-order chi connectivity index (χ1) is 18.2. The predicted octanol–water partition coefficient (Wildman–Crippen LogP) is 2.96. The Hall–Kier alpha value is -2.45. The van der Waals surface area contributed by atoms with Crippen LogP contribution in [0.3, 0.4) is 0 Å². The molecule has 1 aromatic rings. The average Bonchev–Trinajstić information content (AvgIpc) is 3.59. The maximum atomic E-state index is 14.0. The van der Waals surface area contributed by atoms with Crippen molar-refractivity contribution in [1.29, 1.82) is 0 Å². The number of benzene rings is 1. The van der Waals surface area contributed by atoms with Gasteiger partial charge in [0.15, 0.2) is 5.78 Å². The summed E-state index contributed by atoms with van der Waals surface area (Å²) in [5.41, 5.74) is 1.19. The first-order valence-corrected chi connectivity index (χ1v) is 14.6. The Bertz CT molecular complexity index is 1030. The second-order valence-corrected chi connectivity index (χ2v) is 12.3. The van der Waals surface area contributed by atoms with Gasteiger partial charge in [0, 0.05) is 49.9 Å². The molecule has 4 aliphatic rings. The van der Waals surface area contributed by atoms with Crippen molar-refractivity contribution in [3.8, 4) is 0 Å². The zero-order chi connectivity index (χ0) is 27.0. The van der Waals surface area contributed by atoms with Crippen molar-refractivity contribution in [2.24, 2.45) is 17.3 Å². The Kier molecular flexibility index (Phi) is 7.83. The van der Waals surface area contributed by atoms with E-state index in [2.05, 4.69) is 22.0 Å². The topological polar surface area (TPSA) is 82.2 Å². The molecule has 1 aliphatic carbocycles. The van der Waals surface area contributed by atoms with Gasteiger partial charge in [-0.2, -0.15) is 0 Å². The number of carbonyl (C=O) groups is 3. The van der Waals surface area contributed by atoms with Crippen molar-refractivity contribution in [2.75, 3.05) is 50.8 Å². The van der Waals surface area contributed by atoms with Crippen molar-refractivity contribution in [2.45, 2.75) is 71.6 Å². The molecule has 3 heterocycles. The van der Waals surface area contributed by atoms with E-state index in [1.807, 2.05) is 45.0 Å². The lowest BCUT2D eigenvalue weighted by atomic mass is 9.80. The van der Waals surface area contributed by atoms with E-state index in [1.165, 1.54) is 6.42 Å². The van der Waals surface area contributed by atoms with Crippen LogP contribution < -0.4 is 10.2 Å². The normalized spacial score (nSPS) is 26.9. The number of anilines is 1. The highest BCUT2D eigenvalue weighted by atomic mass is 16.5. The fourth-order valence-electron chi connectivity index (χ4n) is 6.41. The van der Waals surface area contributed by atoms with Crippen LogP contribution in [0.1, 0.15) is 63.7 Å². The van der Waals surface area contributed by atoms with Gasteiger partial charge in [0.1, 0.15) is 18.7 Å². The Morgan fingerprint density at radius 1 is 1.08 bits per heavy atom. The van der Waals surface area contributed by atoms with Gasteiger partial charge in [-0.25, -0.2) is 0 Å². The van der Waals surface area contributed by atoms with Crippen LogP contribution in [0.4, 0.5) is 5.69 Å². The SMILES string of the molecule is CCCN1CCN(c2ccc(C(=O)N[C@H](C(=O)N3C[C@H](C4CC4)[C@H]4OCC(=O)[C@H]43)C(C)(C)CC)cc2)CC1. The van der Waals surface area contributed by atoms with Crippen LogP contribution in [0.15, 0.2) is 24.3 Å². The van der Waals surface area contributed by atoms with Gasteiger partial charge in [0.2, 0.25) is 5.91 Å². The molecule has 3 aliphatic heterocycles. The average molecular weight is 525 g/mol. The molecule has 1 aromatic carbocycles. The lowest BCUT2D eigenvalue weighted by Crippen LogP contribution is -2.57. The van der Waals surface area contributed by atoms with Crippen LogP contribution in [0.5, 0.6) is 0 Å².